The Labute approximate surface area is 154 Å². The van der Waals surface area contributed by atoms with Crippen molar-refractivity contribution in [3.8, 4) is 11.3 Å². The van der Waals surface area contributed by atoms with E-state index >= 15 is 0 Å². The molecule has 0 fully saturated rings. The highest BCUT2D eigenvalue weighted by Gasteiger charge is 2.23. The first kappa shape index (κ1) is 16.6. The van der Waals surface area contributed by atoms with Crippen molar-refractivity contribution < 1.29 is 0 Å². The van der Waals surface area contributed by atoms with Crippen molar-refractivity contribution in [2.75, 3.05) is 16.8 Å². The van der Waals surface area contributed by atoms with Gasteiger partial charge in [-0.05, 0) is 38.8 Å². The van der Waals surface area contributed by atoms with Gasteiger partial charge in [0, 0.05) is 29.4 Å². The molecule has 0 aliphatic carbocycles. The quantitative estimate of drug-likeness (QED) is 0.722. The molecule has 26 heavy (non-hydrogen) atoms. The maximum absolute atomic E-state index is 4.83. The van der Waals surface area contributed by atoms with Gasteiger partial charge in [-0.3, -0.25) is 0 Å². The van der Waals surface area contributed by atoms with E-state index in [0.29, 0.717) is 5.95 Å². The van der Waals surface area contributed by atoms with Gasteiger partial charge in [0.25, 0.3) is 0 Å². The van der Waals surface area contributed by atoms with Crippen LogP contribution in [0.3, 0.4) is 0 Å². The third-order valence-electron chi connectivity index (χ3n) is 4.43. The number of fused-ring (bicyclic) bond motifs is 1. The number of hydrogen-bond acceptors (Lipinski definition) is 4. The van der Waals surface area contributed by atoms with Gasteiger partial charge in [-0.2, -0.15) is 4.98 Å². The summed E-state index contributed by atoms with van der Waals surface area (Å²) >= 11 is 0. The predicted molar refractivity (Wildman–Crippen MR) is 108 cm³/mol. The van der Waals surface area contributed by atoms with Crippen LogP contribution >= 0.6 is 0 Å². The summed E-state index contributed by atoms with van der Waals surface area (Å²) in [5.74, 6) is 1.61. The van der Waals surface area contributed by atoms with E-state index in [-0.39, 0.29) is 5.54 Å². The summed E-state index contributed by atoms with van der Waals surface area (Å²) in [6.45, 7) is 7.31. The van der Waals surface area contributed by atoms with Crippen LogP contribution in [0.5, 0.6) is 0 Å². The summed E-state index contributed by atoms with van der Waals surface area (Å²) in [5.41, 5.74) is 4.55. The second kappa shape index (κ2) is 6.45. The van der Waals surface area contributed by atoms with Crippen LogP contribution in [0, 0.1) is 0 Å². The van der Waals surface area contributed by atoms with Crippen molar-refractivity contribution in [2.45, 2.75) is 32.7 Å². The zero-order valence-corrected chi connectivity index (χ0v) is 15.5. The lowest BCUT2D eigenvalue weighted by molar-refractivity contribution is 0.626. The summed E-state index contributed by atoms with van der Waals surface area (Å²) in [5, 5.41) is 3.43. The van der Waals surface area contributed by atoms with Crippen molar-refractivity contribution in [3.63, 3.8) is 0 Å². The highest BCUT2D eigenvalue weighted by molar-refractivity contribution is 5.72. The topological polar surface area (TPSA) is 41.1 Å². The van der Waals surface area contributed by atoms with Crippen LogP contribution in [0.25, 0.3) is 11.3 Å². The van der Waals surface area contributed by atoms with E-state index in [1.165, 1.54) is 11.3 Å². The molecule has 0 unspecified atom stereocenters. The van der Waals surface area contributed by atoms with Crippen molar-refractivity contribution in [1.82, 2.24) is 9.97 Å². The first-order valence-electron chi connectivity index (χ1n) is 9.08. The Kier molecular flexibility index (Phi) is 4.11. The van der Waals surface area contributed by atoms with Crippen molar-refractivity contribution in [3.05, 3.63) is 66.2 Å². The highest BCUT2D eigenvalue weighted by atomic mass is 15.2. The molecular formula is C22H24N4. The van der Waals surface area contributed by atoms with Gasteiger partial charge < -0.3 is 10.2 Å². The second-order valence-corrected chi connectivity index (χ2v) is 7.71. The maximum atomic E-state index is 4.83. The van der Waals surface area contributed by atoms with Gasteiger partial charge in [0.15, 0.2) is 0 Å². The SMILES string of the molecule is CC(C)(C)Nc1nc(-c2ccccc2)cc(N2CCc3ccccc32)n1. The molecule has 0 bridgehead atoms. The highest BCUT2D eigenvalue weighted by Crippen LogP contribution is 2.35. The molecule has 4 rings (SSSR count). The third kappa shape index (κ3) is 3.40. The van der Waals surface area contributed by atoms with Gasteiger partial charge in [0.05, 0.1) is 5.69 Å². The van der Waals surface area contributed by atoms with E-state index in [0.717, 1.165) is 30.0 Å². The van der Waals surface area contributed by atoms with E-state index in [1.54, 1.807) is 0 Å². The lowest BCUT2D eigenvalue weighted by Gasteiger charge is -2.24. The van der Waals surface area contributed by atoms with E-state index in [2.05, 4.69) is 73.5 Å². The molecule has 0 saturated heterocycles. The minimum Gasteiger partial charge on any atom is -0.350 e. The molecule has 0 radical (unpaired) electrons. The standard InChI is InChI=1S/C22H24N4/c1-22(2,3)25-21-23-18(16-9-5-4-6-10-16)15-20(24-21)26-14-13-17-11-7-8-12-19(17)26/h4-12,15H,13-14H2,1-3H3,(H,23,24,25). The Morgan fingerprint density at radius 1 is 0.923 bits per heavy atom. The molecule has 2 heterocycles. The lowest BCUT2D eigenvalue weighted by atomic mass is 10.1. The van der Waals surface area contributed by atoms with Crippen LogP contribution in [0.4, 0.5) is 17.5 Å². The molecule has 0 saturated carbocycles. The zero-order chi connectivity index (χ0) is 18.1. The van der Waals surface area contributed by atoms with Crippen LogP contribution in [0.2, 0.25) is 0 Å². The van der Waals surface area contributed by atoms with Crippen LogP contribution in [-0.2, 0) is 6.42 Å². The smallest absolute Gasteiger partial charge is 0.225 e. The fraction of sp³-hybridized carbons (Fsp3) is 0.273. The lowest BCUT2D eigenvalue weighted by Crippen LogP contribution is -2.28. The molecule has 0 amide bonds. The Morgan fingerprint density at radius 3 is 2.42 bits per heavy atom. The minimum atomic E-state index is -0.102. The third-order valence-corrected chi connectivity index (χ3v) is 4.43. The van der Waals surface area contributed by atoms with E-state index in [1.807, 2.05) is 18.2 Å². The monoisotopic (exact) mass is 344 g/mol. The molecule has 132 valence electrons. The van der Waals surface area contributed by atoms with Gasteiger partial charge in [-0.15, -0.1) is 0 Å². The van der Waals surface area contributed by atoms with Crippen LogP contribution in [0.1, 0.15) is 26.3 Å². The molecule has 1 aliphatic rings. The van der Waals surface area contributed by atoms with Gasteiger partial charge in [-0.25, -0.2) is 4.98 Å². The average molecular weight is 344 g/mol. The van der Waals surface area contributed by atoms with Crippen molar-refractivity contribution in [1.29, 1.82) is 0 Å². The Hall–Kier alpha value is -2.88. The Balaban J connectivity index is 1.80. The van der Waals surface area contributed by atoms with Crippen LogP contribution in [-0.4, -0.2) is 22.1 Å². The molecule has 4 nitrogen and oxygen atoms in total. The van der Waals surface area contributed by atoms with Crippen LogP contribution in [0.15, 0.2) is 60.7 Å². The number of para-hydroxylation sites is 1. The Morgan fingerprint density at radius 2 is 1.65 bits per heavy atom. The van der Waals surface area contributed by atoms with Crippen molar-refractivity contribution >= 4 is 17.5 Å². The first-order chi connectivity index (χ1) is 12.5. The molecule has 1 aliphatic heterocycles. The summed E-state index contributed by atoms with van der Waals surface area (Å²) in [4.78, 5) is 11.9. The van der Waals surface area contributed by atoms with Gasteiger partial charge in [0.1, 0.15) is 5.82 Å². The summed E-state index contributed by atoms with van der Waals surface area (Å²) in [6, 6.07) is 20.9. The van der Waals surface area contributed by atoms with Gasteiger partial charge >= 0.3 is 0 Å². The summed E-state index contributed by atoms with van der Waals surface area (Å²) in [7, 11) is 0. The summed E-state index contributed by atoms with van der Waals surface area (Å²) < 4.78 is 0. The fourth-order valence-corrected chi connectivity index (χ4v) is 3.30. The zero-order valence-electron chi connectivity index (χ0n) is 15.5. The number of benzene rings is 2. The molecular weight excluding hydrogens is 320 g/mol. The molecule has 3 aromatic rings. The van der Waals surface area contributed by atoms with E-state index in [9.17, 15) is 0 Å². The molecule has 4 heteroatoms. The molecule has 0 spiro atoms. The molecule has 2 aromatic carbocycles. The molecule has 0 atom stereocenters. The first-order valence-corrected chi connectivity index (χ1v) is 9.08. The minimum absolute atomic E-state index is 0.102. The van der Waals surface area contributed by atoms with E-state index < -0.39 is 0 Å². The fourth-order valence-electron chi connectivity index (χ4n) is 3.30. The maximum Gasteiger partial charge on any atom is 0.225 e. The molecule has 1 aromatic heterocycles. The average Bonchev–Trinajstić information content (AvgIpc) is 3.05. The number of anilines is 3. The predicted octanol–water partition coefficient (Wildman–Crippen LogP) is 5.05. The summed E-state index contributed by atoms with van der Waals surface area (Å²) in [6.07, 6.45) is 1.04. The van der Waals surface area contributed by atoms with Gasteiger partial charge in [0.2, 0.25) is 5.95 Å². The Bertz CT molecular complexity index is 913. The van der Waals surface area contributed by atoms with Crippen LogP contribution < -0.4 is 10.2 Å². The largest absolute Gasteiger partial charge is 0.350 e. The number of nitrogens with one attached hydrogen (secondary N) is 1. The molecule has 1 N–H and O–H groups in total. The normalized spacial score (nSPS) is 13.6. The number of hydrogen-bond donors (Lipinski definition) is 1. The number of aromatic nitrogens is 2. The van der Waals surface area contributed by atoms with Crippen molar-refractivity contribution in [2.24, 2.45) is 0 Å². The number of nitrogens with zero attached hydrogens (tertiary/aromatic N) is 3. The second-order valence-electron chi connectivity index (χ2n) is 7.71. The van der Waals surface area contributed by atoms with Gasteiger partial charge in [-0.1, -0.05) is 48.5 Å². The van der Waals surface area contributed by atoms with E-state index in [4.69, 9.17) is 9.97 Å². The number of rotatable bonds is 3.